The van der Waals surface area contributed by atoms with E-state index >= 15 is 0 Å². The number of nitrogens with one attached hydrogen (secondary N) is 2. The molecule has 1 aliphatic rings. The number of ether oxygens (including phenoxy) is 1. The van der Waals surface area contributed by atoms with Gasteiger partial charge in [-0.05, 0) is 68.3 Å². The Balaban J connectivity index is 1.85. The van der Waals surface area contributed by atoms with Crippen molar-refractivity contribution in [1.29, 1.82) is 0 Å². The molecule has 1 aliphatic heterocycles. The summed E-state index contributed by atoms with van der Waals surface area (Å²) >= 11 is 6.36. The van der Waals surface area contributed by atoms with Crippen LogP contribution in [0.15, 0.2) is 30.3 Å². The molecular formula is C20H21ClN2O3. The average molecular weight is 373 g/mol. The quantitative estimate of drug-likeness (QED) is 0.782. The molecule has 2 aromatic carbocycles. The first-order valence-electron chi connectivity index (χ1n) is 8.60. The third-order valence-corrected chi connectivity index (χ3v) is 4.67. The van der Waals surface area contributed by atoms with Crippen LogP contribution in [-0.4, -0.2) is 24.8 Å². The van der Waals surface area contributed by atoms with E-state index in [9.17, 15) is 9.59 Å². The van der Waals surface area contributed by atoms with E-state index in [1.54, 1.807) is 24.3 Å². The molecule has 0 atom stereocenters. The van der Waals surface area contributed by atoms with Crippen LogP contribution in [0, 0.1) is 0 Å². The van der Waals surface area contributed by atoms with Crippen LogP contribution in [0.5, 0.6) is 5.75 Å². The van der Waals surface area contributed by atoms with Gasteiger partial charge in [0, 0.05) is 22.8 Å². The summed E-state index contributed by atoms with van der Waals surface area (Å²) in [5, 5.41) is 6.82. The number of benzene rings is 2. The van der Waals surface area contributed by atoms with Crippen LogP contribution in [0.25, 0.3) is 0 Å². The van der Waals surface area contributed by atoms with E-state index in [2.05, 4.69) is 10.6 Å². The number of halogens is 1. The molecule has 1 heterocycles. The molecule has 1 amide bonds. The zero-order chi connectivity index (χ0) is 18.7. The van der Waals surface area contributed by atoms with Gasteiger partial charge in [0.25, 0.3) is 5.91 Å². The summed E-state index contributed by atoms with van der Waals surface area (Å²) < 4.78 is 5.45. The van der Waals surface area contributed by atoms with Gasteiger partial charge in [-0.15, -0.1) is 0 Å². The minimum atomic E-state index is -0.296. The second-order valence-electron chi connectivity index (χ2n) is 6.18. The standard InChI is InChI=1S/C20H21ClN2O3/c1-3-26-19-5-4-13(9-17(19)12(2)24)20(25)23-15-8-14-11-22-7-6-16(14)18(21)10-15/h4-5,8-10,22H,3,6-7,11H2,1-2H3,(H,23,25). The van der Waals surface area contributed by atoms with Crippen molar-refractivity contribution in [2.75, 3.05) is 18.5 Å². The highest BCUT2D eigenvalue weighted by molar-refractivity contribution is 6.32. The number of amides is 1. The molecule has 3 rings (SSSR count). The van der Waals surface area contributed by atoms with E-state index < -0.39 is 0 Å². The SMILES string of the molecule is CCOc1ccc(C(=O)Nc2cc(Cl)c3c(c2)CNCC3)cc1C(C)=O. The molecule has 0 radical (unpaired) electrons. The lowest BCUT2D eigenvalue weighted by molar-refractivity contribution is 0.101. The fraction of sp³-hybridized carbons (Fsp3) is 0.300. The maximum Gasteiger partial charge on any atom is 0.255 e. The van der Waals surface area contributed by atoms with E-state index in [1.807, 2.05) is 13.0 Å². The van der Waals surface area contributed by atoms with Gasteiger partial charge in [-0.3, -0.25) is 9.59 Å². The van der Waals surface area contributed by atoms with Crippen molar-refractivity contribution in [2.45, 2.75) is 26.8 Å². The maximum atomic E-state index is 12.6. The van der Waals surface area contributed by atoms with Crippen molar-refractivity contribution in [3.8, 4) is 5.75 Å². The topological polar surface area (TPSA) is 67.4 Å². The van der Waals surface area contributed by atoms with Crippen LogP contribution in [-0.2, 0) is 13.0 Å². The Labute approximate surface area is 157 Å². The molecule has 0 saturated heterocycles. The molecule has 0 bridgehead atoms. The van der Waals surface area contributed by atoms with Crippen LogP contribution in [0.1, 0.15) is 45.7 Å². The van der Waals surface area contributed by atoms with Gasteiger partial charge >= 0.3 is 0 Å². The van der Waals surface area contributed by atoms with Gasteiger partial charge in [0.05, 0.1) is 12.2 Å². The fourth-order valence-corrected chi connectivity index (χ4v) is 3.40. The zero-order valence-corrected chi connectivity index (χ0v) is 15.6. The smallest absolute Gasteiger partial charge is 0.255 e. The number of hydrogen-bond donors (Lipinski definition) is 2. The van der Waals surface area contributed by atoms with Gasteiger partial charge in [-0.2, -0.15) is 0 Å². The lowest BCUT2D eigenvalue weighted by atomic mass is 10.00. The summed E-state index contributed by atoms with van der Waals surface area (Å²) in [6.45, 7) is 5.39. The second kappa shape index (κ2) is 7.89. The van der Waals surface area contributed by atoms with Crippen LogP contribution >= 0.6 is 11.6 Å². The third-order valence-electron chi connectivity index (χ3n) is 4.33. The van der Waals surface area contributed by atoms with Gasteiger partial charge in [0.1, 0.15) is 5.75 Å². The first kappa shape index (κ1) is 18.4. The summed E-state index contributed by atoms with van der Waals surface area (Å²) in [5.74, 6) is 0.0424. The molecular weight excluding hydrogens is 352 g/mol. The molecule has 0 aromatic heterocycles. The normalized spacial score (nSPS) is 13.0. The number of fused-ring (bicyclic) bond motifs is 1. The average Bonchev–Trinajstić information content (AvgIpc) is 2.62. The molecule has 0 unspecified atom stereocenters. The fourth-order valence-electron chi connectivity index (χ4n) is 3.07. The molecule has 0 saturated carbocycles. The number of anilines is 1. The maximum absolute atomic E-state index is 12.6. The Morgan fingerprint density at radius 3 is 2.81 bits per heavy atom. The number of Topliss-reactive ketones (excluding diaryl/α,β-unsaturated/α-hetero) is 1. The Morgan fingerprint density at radius 2 is 2.08 bits per heavy atom. The first-order valence-corrected chi connectivity index (χ1v) is 8.98. The number of rotatable bonds is 5. The van der Waals surface area contributed by atoms with Gasteiger partial charge in [-0.25, -0.2) is 0 Å². The second-order valence-corrected chi connectivity index (χ2v) is 6.58. The van der Waals surface area contributed by atoms with Crippen molar-refractivity contribution in [2.24, 2.45) is 0 Å². The van der Waals surface area contributed by atoms with Crippen molar-refractivity contribution >= 4 is 29.0 Å². The van der Waals surface area contributed by atoms with Crippen LogP contribution in [0.4, 0.5) is 5.69 Å². The van der Waals surface area contributed by atoms with Crippen molar-refractivity contribution < 1.29 is 14.3 Å². The molecule has 5 nitrogen and oxygen atoms in total. The molecule has 0 fully saturated rings. The minimum absolute atomic E-state index is 0.147. The van der Waals surface area contributed by atoms with Gasteiger partial charge in [0.15, 0.2) is 5.78 Å². The molecule has 2 aromatic rings. The van der Waals surface area contributed by atoms with E-state index in [0.29, 0.717) is 34.2 Å². The predicted molar refractivity (Wildman–Crippen MR) is 102 cm³/mol. The monoisotopic (exact) mass is 372 g/mol. The lowest BCUT2D eigenvalue weighted by Crippen LogP contribution is -2.24. The Kier molecular flexibility index (Phi) is 5.59. The van der Waals surface area contributed by atoms with Gasteiger partial charge in [0.2, 0.25) is 0 Å². The summed E-state index contributed by atoms with van der Waals surface area (Å²) in [7, 11) is 0. The predicted octanol–water partition coefficient (Wildman–Crippen LogP) is 3.84. The summed E-state index contributed by atoms with van der Waals surface area (Å²) in [6.07, 6.45) is 0.878. The Hall–Kier alpha value is -2.37. The molecule has 2 N–H and O–H groups in total. The molecule has 0 aliphatic carbocycles. The third kappa shape index (κ3) is 3.89. The van der Waals surface area contributed by atoms with Crippen molar-refractivity contribution in [3.05, 3.63) is 57.6 Å². The summed E-state index contributed by atoms with van der Waals surface area (Å²) in [4.78, 5) is 24.5. The van der Waals surface area contributed by atoms with Gasteiger partial charge < -0.3 is 15.4 Å². The van der Waals surface area contributed by atoms with Crippen molar-refractivity contribution in [1.82, 2.24) is 5.32 Å². The highest BCUT2D eigenvalue weighted by Crippen LogP contribution is 2.28. The highest BCUT2D eigenvalue weighted by Gasteiger charge is 2.17. The Morgan fingerprint density at radius 1 is 1.27 bits per heavy atom. The molecule has 136 valence electrons. The largest absolute Gasteiger partial charge is 0.493 e. The van der Waals surface area contributed by atoms with Gasteiger partial charge in [-0.1, -0.05) is 11.6 Å². The van der Waals surface area contributed by atoms with E-state index in [1.165, 1.54) is 6.92 Å². The number of carbonyl (C=O) groups is 2. The number of hydrogen-bond acceptors (Lipinski definition) is 4. The summed E-state index contributed by atoms with van der Waals surface area (Å²) in [5.41, 5.74) is 3.65. The van der Waals surface area contributed by atoms with Crippen molar-refractivity contribution in [3.63, 3.8) is 0 Å². The van der Waals surface area contributed by atoms with E-state index in [-0.39, 0.29) is 11.7 Å². The highest BCUT2D eigenvalue weighted by atomic mass is 35.5. The molecule has 6 heteroatoms. The summed E-state index contributed by atoms with van der Waals surface area (Å²) in [6, 6.07) is 8.56. The van der Waals surface area contributed by atoms with Crippen LogP contribution < -0.4 is 15.4 Å². The minimum Gasteiger partial charge on any atom is -0.493 e. The Bertz CT molecular complexity index is 864. The first-order chi connectivity index (χ1) is 12.5. The number of carbonyl (C=O) groups excluding carboxylic acids is 2. The van der Waals surface area contributed by atoms with E-state index in [0.717, 1.165) is 30.6 Å². The number of ketones is 1. The molecule has 26 heavy (non-hydrogen) atoms. The van der Waals surface area contributed by atoms with Crippen LogP contribution in [0.2, 0.25) is 5.02 Å². The van der Waals surface area contributed by atoms with E-state index in [4.69, 9.17) is 16.3 Å². The van der Waals surface area contributed by atoms with Crippen LogP contribution in [0.3, 0.4) is 0 Å². The lowest BCUT2D eigenvalue weighted by Gasteiger charge is -2.20. The molecule has 0 spiro atoms. The zero-order valence-electron chi connectivity index (χ0n) is 14.8.